The van der Waals surface area contributed by atoms with Crippen LogP contribution in [-0.4, -0.2) is 15.4 Å². The van der Waals surface area contributed by atoms with Gasteiger partial charge in [-0.05, 0) is 37.8 Å². The van der Waals surface area contributed by atoms with Crippen molar-refractivity contribution in [2.24, 2.45) is 5.92 Å². The lowest BCUT2D eigenvalue weighted by molar-refractivity contribution is 0.0968. The van der Waals surface area contributed by atoms with Gasteiger partial charge in [0.25, 0.3) is 0 Å². The Morgan fingerprint density at radius 3 is 2.76 bits per heavy atom. The molecule has 0 bridgehead atoms. The maximum atomic E-state index is 12.4. The lowest BCUT2D eigenvalue weighted by atomic mass is 10.0. The molecule has 0 spiro atoms. The summed E-state index contributed by atoms with van der Waals surface area (Å²) in [5, 5.41) is 4.60. The van der Waals surface area contributed by atoms with Crippen LogP contribution in [0.1, 0.15) is 47.7 Å². The molecule has 2 heterocycles. The Morgan fingerprint density at radius 1 is 1.24 bits per heavy atom. The van der Waals surface area contributed by atoms with Gasteiger partial charge in [0.05, 0.1) is 16.8 Å². The molecule has 2 aliphatic rings. The Bertz CT molecular complexity index is 606. The number of carbonyl (C=O) groups excluding carboxylic acids is 1. The molecule has 0 aliphatic heterocycles. The molecule has 2 saturated carbocycles. The molecule has 2 aromatic rings. The van der Waals surface area contributed by atoms with E-state index >= 15 is 0 Å². The highest BCUT2D eigenvalue weighted by Gasteiger charge is 2.38. The highest BCUT2D eigenvalue weighted by molar-refractivity contribution is 6.06. The van der Waals surface area contributed by atoms with Crippen LogP contribution in [0, 0.1) is 5.92 Å². The first-order valence-electron chi connectivity index (χ1n) is 6.36. The summed E-state index contributed by atoms with van der Waals surface area (Å²) in [5.41, 5.74) is 2.95. The van der Waals surface area contributed by atoms with E-state index in [0.29, 0.717) is 11.7 Å². The maximum Gasteiger partial charge on any atom is 0.170 e. The van der Waals surface area contributed by atoms with Crippen molar-refractivity contribution in [1.82, 2.24) is 9.61 Å². The second-order valence-corrected chi connectivity index (χ2v) is 5.20. The zero-order chi connectivity index (χ0) is 11.4. The number of Topliss-reactive ketones (excluding diaryl/α,β-unsaturated/α-hetero) is 1. The summed E-state index contributed by atoms with van der Waals surface area (Å²) in [6.45, 7) is 0. The summed E-state index contributed by atoms with van der Waals surface area (Å²) >= 11 is 0. The van der Waals surface area contributed by atoms with Crippen LogP contribution in [0.5, 0.6) is 0 Å². The van der Waals surface area contributed by atoms with Gasteiger partial charge in [-0.25, -0.2) is 4.52 Å². The SMILES string of the molecule is O=C(c1c(C2CC2)nn2ccccc12)C1CC1. The monoisotopic (exact) mass is 226 g/mol. The molecule has 0 saturated heterocycles. The zero-order valence-corrected chi connectivity index (χ0v) is 9.60. The molecule has 3 heteroatoms. The van der Waals surface area contributed by atoms with Gasteiger partial charge in [0.1, 0.15) is 0 Å². The Kier molecular flexibility index (Phi) is 1.76. The Hall–Kier alpha value is -1.64. The average Bonchev–Trinajstić information content (AvgIpc) is 3.23. The van der Waals surface area contributed by atoms with Gasteiger partial charge in [-0.1, -0.05) is 6.07 Å². The molecule has 4 rings (SSSR count). The third-order valence-corrected chi connectivity index (χ3v) is 3.73. The number of fused-ring (bicyclic) bond motifs is 1. The normalized spacial score (nSPS) is 19.8. The number of nitrogens with zero attached hydrogens (tertiary/aromatic N) is 2. The lowest BCUT2D eigenvalue weighted by Crippen LogP contribution is -2.03. The van der Waals surface area contributed by atoms with Crippen LogP contribution in [0.25, 0.3) is 5.52 Å². The van der Waals surface area contributed by atoms with Crippen LogP contribution in [0.4, 0.5) is 0 Å². The van der Waals surface area contributed by atoms with Crippen molar-refractivity contribution < 1.29 is 4.79 Å². The minimum Gasteiger partial charge on any atom is -0.294 e. The van der Waals surface area contributed by atoms with E-state index < -0.39 is 0 Å². The van der Waals surface area contributed by atoms with E-state index in [-0.39, 0.29) is 5.92 Å². The van der Waals surface area contributed by atoms with Crippen molar-refractivity contribution in [1.29, 1.82) is 0 Å². The summed E-state index contributed by atoms with van der Waals surface area (Å²) in [6.07, 6.45) is 6.44. The van der Waals surface area contributed by atoms with Crippen molar-refractivity contribution in [2.45, 2.75) is 31.6 Å². The van der Waals surface area contributed by atoms with Crippen LogP contribution in [0.15, 0.2) is 24.4 Å². The first-order valence-corrected chi connectivity index (χ1v) is 6.36. The van der Waals surface area contributed by atoms with E-state index in [1.54, 1.807) is 0 Å². The van der Waals surface area contributed by atoms with Crippen LogP contribution >= 0.6 is 0 Å². The van der Waals surface area contributed by atoms with Gasteiger partial charge in [0.15, 0.2) is 5.78 Å². The van der Waals surface area contributed by atoms with Crippen LogP contribution in [-0.2, 0) is 0 Å². The highest BCUT2D eigenvalue weighted by atomic mass is 16.1. The minimum absolute atomic E-state index is 0.278. The van der Waals surface area contributed by atoms with E-state index in [2.05, 4.69) is 5.10 Å². The van der Waals surface area contributed by atoms with Gasteiger partial charge in [-0.2, -0.15) is 5.10 Å². The molecule has 0 radical (unpaired) electrons. The number of hydrogen-bond acceptors (Lipinski definition) is 2. The molecule has 0 amide bonds. The first-order chi connectivity index (χ1) is 8.34. The van der Waals surface area contributed by atoms with E-state index in [9.17, 15) is 4.79 Å². The molecule has 17 heavy (non-hydrogen) atoms. The summed E-state index contributed by atoms with van der Waals surface area (Å²) in [7, 11) is 0. The van der Waals surface area contributed by atoms with Crippen LogP contribution in [0.2, 0.25) is 0 Å². The molecule has 0 aromatic carbocycles. The summed E-state index contributed by atoms with van der Waals surface area (Å²) in [6, 6.07) is 5.95. The average molecular weight is 226 g/mol. The van der Waals surface area contributed by atoms with Crippen molar-refractivity contribution >= 4 is 11.3 Å². The fraction of sp³-hybridized carbons (Fsp3) is 0.429. The van der Waals surface area contributed by atoms with Gasteiger partial charge in [0.2, 0.25) is 0 Å². The zero-order valence-electron chi connectivity index (χ0n) is 9.60. The maximum absolute atomic E-state index is 12.4. The van der Waals surface area contributed by atoms with Crippen molar-refractivity contribution in [3.8, 4) is 0 Å². The second kappa shape index (κ2) is 3.19. The molecule has 2 fully saturated rings. The number of carbonyl (C=O) groups is 1. The minimum atomic E-state index is 0.278. The summed E-state index contributed by atoms with van der Waals surface area (Å²) < 4.78 is 1.86. The van der Waals surface area contributed by atoms with Crippen molar-refractivity contribution in [3.05, 3.63) is 35.7 Å². The van der Waals surface area contributed by atoms with Gasteiger partial charge in [0, 0.05) is 18.0 Å². The molecular weight excluding hydrogens is 212 g/mol. The summed E-state index contributed by atoms with van der Waals surface area (Å²) in [4.78, 5) is 12.4. The molecule has 0 unspecified atom stereocenters. The third-order valence-electron chi connectivity index (χ3n) is 3.73. The number of rotatable bonds is 3. The molecule has 0 N–H and O–H groups in total. The molecule has 86 valence electrons. The van der Waals surface area contributed by atoms with Crippen LogP contribution in [0.3, 0.4) is 0 Å². The second-order valence-electron chi connectivity index (χ2n) is 5.20. The fourth-order valence-electron chi connectivity index (χ4n) is 2.46. The third kappa shape index (κ3) is 1.42. The molecule has 3 nitrogen and oxygen atoms in total. The standard InChI is InChI=1S/C14H14N2O/c17-14(10-6-7-10)12-11-3-1-2-8-16(11)15-13(12)9-4-5-9/h1-3,8-10H,4-7H2. The topological polar surface area (TPSA) is 34.4 Å². The van der Waals surface area contributed by atoms with Gasteiger partial charge >= 0.3 is 0 Å². The van der Waals surface area contributed by atoms with Gasteiger partial charge in [-0.15, -0.1) is 0 Å². The number of ketones is 1. The smallest absolute Gasteiger partial charge is 0.170 e. The summed E-state index contributed by atoms with van der Waals surface area (Å²) in [5.74, 6) is 1.14. The number of hydrogen-bond donors (Lipinski definition) is 0. The molecular formula is C14H14N2O. The van der Waals surface area contributed by atoms with Crippen molar-refractivity contribution in [2.75, 3.05) is 0 Å². The molecule has 2 aromatic heterocycles. The van der Waals surface area contributed by atoms with Gasteiger partial charge in [-0.3, -0.25) is 4.79 Å². The Balaban J connectivity index is 1.95. The quantitative estimate of drug-likeness (QED) is 0.754. The lowest BCUT2D eigenvalue weighted by Gasteiger charge is -1.99. The van der Waals surface area contributed by atoms with Gasteiger partial charge < -0.3 is 0 Å². The van der Waals surface area contributed by atoms with E-state index in [0.717, 1.165) is 29.6 Å². The number of pyridine rings is 1. The molecule has 2 aliphatic carbocycles. The molecule has 0 atom stereocenters. The van der Waals surface area contributed by atoms with Crippen molar-refractivity contribution in [3.63, 3.8) is 0 Å². The van der Waals surface area contributed by atoms with E-state index in [4.69, 9.17) is 0 Å². The number of aromatic nitrogens is 2. The highest BCUT2D eigenvalue weighted by Crippen LogP contribution is 2.44. The Labute approximate surface area is 99.4 Å². The predicted octanol–water partition coefficient (Wildman–Crippen LogP) is 2.80. The predicted molar refractivity (Wildman–Crippen MR) is 64.2 cm³/mol. The first kappa shape index (κ1) is 9.40. The fourth-order valence-corrected chi connectivity index (χ4v) is 2.46. The van der Waals surface area contributed by atoms with E-state index in [1.807, 2.05) is 28.9 Å². The largest absolute Gasteiger partial charge is 0.294 e. The van der Waals surface area contributed by atoms with Crippen LogP contribution < -0.4 is 0 Å². The Morgan fingerprint density at radius 2 is 2.06 bits per heavy atom. The van der Waals surface area contributed by atoms with E-state index in [1.165, 1.54) is 12.8 Å².